The number of rotatable bonds is 7. The number of fused-ring (bicyclic) bond motifs is 3. The minimum absolute atomic E-state index is 0.535. The van der Waals surface area contributed by atoms with E-state index in [1.54, 1.807) is 11.3 Å². The molecule has 0 radical (unpaired) electrons. The summed E-state index contributed by atoms with van der Waals surface area (Å²) in [5.41, 5.74) is 7.78. The number of hydrogen-bond acceptors (Lipinski definition) is 8. The third kappa shape index (κ3) is 6.90. The SMILES string of the molecule is CC1(C)OB(c2cc3sc4ccccc4c3cc2-c2nc(-c3ccccc3)nc(-c3ccc(-c4cc(Cl)ccc4-c4ccc(-c5ccccc5)nn4)cc3)n2)OC1(C)C. The van der Waals surface area contributed by atoms with Crippen molar-refractivity contribution in [1.29, 1.82) is 0 Å². The first-order valence-corrected chi connectivity index (χ1v) is 20.7. The molecule has 9 aromatic rings. The predicted molar refractivity (Wildman–Crippen MR) is 242 cm³/mol. The van der Waals surface area contributed by atoms with Crippen LogP contribution in [0.5, 0.6) is 0 Å². The van der Waals surface area contributed by atoms with E-state index < -0.39 is 18.3 Å². The van der Waals surface area contributed by atoms with Gasteiger partial charge in [-0.15, -0.1) is 21.5 Å². The normalized spacial score (nSPS) is 14.6. The highest BCUT2D eigenvalue weighted by molar-refractivity contribution is 7.25. The van der Waals surface area contributed by atoms with Gasteiger partial charge in [-0.25, -0.2) is 15.0 Å². The van der Waals surface area contributed by atoms with Crippen LogP contribution < -0.4 is 5.46 Å². The maximum atomic E-state index is 6.69. The fourth-order valence-corrected chi connectivity index (χ4v) is 8.81. The Morgan fingerprint density at radius 1 is 0.475 bits per heavy atom. The lowest BCUT2D eigenvalue weighted by Crippen LogP contribution is -2.41. The molecule has 0 N–H and O–H groups in total. The summed E-state index contributed by atoms with van der Waals surface area (Å²) in [7, 11) is -0.629. The van der Waals surface area contributed by atoms with Crippen LogP contribution in [0.25, 0.3) is 88.0 Å². The van der Waals surface area contributed by atoms with E-state index in [0.717, 1.165) is 65.9 Å². The lowest BCUT2D eigenvalue weighted by Gasteiger charge is -2.32. The number of hydrogen-bond donors (Lipinski definition) is 0. The van der Waals surface area contributed by atoms with Crippen molar-refractivity contribution in [3.05, 3.63) is 157 Å². The van der Waals surface area contributed by atoms with Crippen LogP contribution in [0, 0.1) is 0 Å². The summed E-state index contributed by atoms with van der Waals surface area (Å²) in [6.45, 7) is 8.29. The van der Waals surface area contributed by atoms with Crippen LogP contribution in [0.4, 0.5) is 0 Å². The topological polar surface area (TPSA) is 82.9 Å². The second-order valence-electron chi connectivity index (χ2n) is 15.7. The molecule has 59 heavy (non-hydrogen) atoms. The number of benzene rings is 6. The molecule has 3 aromatic heterocycles. The molecule has 10 heteroatoms. The molecule has 7 nitrogen and oxygen atoms in total. The summed E-state index contributed by atoms with van der Waals surface area (Å²) in [5, 5.41) is 12.1. The molecule has 0 aliphatic carbocycles. The second kappa shape index (κ2) is 14.6. The molecule has 1 aliphatic heterocycles. The van der Waals surface area contributed by atoms with Crippen LogP contribution in [0.3, 0.4) is 0 Å². The highest BCUT2D eigenvalue weighted by Gasteiger charge is 2.52. The lowest BCUT2D eigenvalue weighted by atomic mass is 9.75. The molecule has 1 fully saturated rings. The molecule has 0 saturated carbocycles. The Labute approximate surface area is 351 Å². The predicted octanol–water partition coefficient (Wildman–Crippen LogP) is 12.0. The molecule has 0 bridgehead atoms. The van der Waals surface area contributed by atoms with Gasteiger partial charge in [0.05, 0.1) is 22.6 Å². The Morgan fingerprint density at radius 2 is 1.05 bits per heavy atom. The molecular weight excluding hydrogens is 769 g/mol. The summed E-state index contributed by atoms with van der Waals surface area (Å²) in [6, 6.07) is 51.0. The Hall–Kier alpha value is -6.10. The van der Waals surface area contributed by atoms with Crippen LogP contribution >= 0.6 is 22.9 Å². The summed E-state index contributed by atoms with van der Waals surface area (Å²) in [4.78, 5) is 15.5. The first-order valence-electron chi connectivity index (χ1n) is 19.5. The van der Waals surface area contributed by atoms with Crippen molar-refractivity contribution in [3.63, 3.8) is 0 Å². The zero-order valence-corrected chi connectivity index (χ0v) is 34.4. The smallest absolute Gasteiger partial charge is 0.399 e. The van der Waals surface area contributed by atoms with Crippen molar-refractivity contribution in [2.75, 3.05) is 0 Å². The van der Waals surface area contributed by atoms with Crippen LogP contribution in [0.1, 0.15) is 27.7 Å². The summed E-state index contributed by atoms with van der Waals surface area (Å²) < 4.78 is 15.7. The van der Waals surface area contributed by atoms with E-state index in [2.05, 4.69) is 86.4 Å². The van der Waals surface area contributed by atoms with Gasteiger partial charge in [-0.2, -0.15) is 0 Å². The zero-order valence-electron chi connectivity index (χ0n) is 32.8. The quantitative estimate of drug-likeness (QED) is 0.148. The van der Waals surface area contributed by atoms with Gasteiger partial charge >= 0.3 is 7.12 Å². The summed E-state index contributed by atoms with van der Waals surface area (Å²) in [5.74, 6) is 1.65. The van der Waals surface area contributed by atoms with Gasteiger partial charge in [0.25, 0.3) is 0 Å². The Balaban J connectivity index is 1.09. The Bertz CT molecular complexity index is 3000. The van der Waals surface area contributed by atoms with Gasteiger partial charge in [-0.3, -0.25) is 0 Å². The molecule has 286 valence electrons. The van der Waals surface area contributed by atoms with Gasteiger partial charge in [0.15, 0.2) is 17.5 Å². The van der Waals surface area contributed by atoms with E-state index in [1.807, 2.05) is 103 Å². The van der Waals surface area contributed by atoms with Gasteiger partial charge in [-0.1, -0.05) is 121 Å². The molecule has 1 saturated heterocycles. The molecule has 1 aliphatic rings. The molecule has 0 amide bonds. The van der Waals surface area contributed by atoms with Gasteiger partial charge in [0.1, 0.15) is 0 Å². The molecule has 0 unspecified atom stereocenters. The van der Waals surface area contributed by atoms with Crippen molar-refractivity contribution in [3.8, 4) is 67.8 Å². The van der Waals surface area contributed by atoms with Gasteiger partial charge in [-0.05, 0) is 86.7 Å². The molecule has 0 atom stereocenters. The van der Waals surface area contributed by atoms with E-state index in [-0.39, 0.29) is 0 Å². The van der Waals surface area contributed by atoms with E-state index in [1.165, 1.54) is 10.1 Å². The Kier molecular flexibility index (Phi) is 9.22. The second-order valence-corrected chi connectivity index (χ2v) is 17.3. The standard InChI is InChI=1S/C49H37BClN5O2S/c1-48(2)49(3,4)58-50(57-48)40-29-44-38(36-17-11-12-18-43(36)59-44)28-39(40)47-53-45(32-15-9-6-10-16-32)52-46(54-47)33-21-19-30(20-22-33)37-27-34(51)23-24-35(37)42-26-25-41(55-56-42)31-13-7-5-8-14-31/h5-29H,1-4H3. The Morgan fingerprint density at radius 3 is 1.73 bits per heavy atom. The third-order valence-electron chi connectivity index (χ3n) is 11.4. The van der Waals surface area contributed by atoms with Crippen LogP contribution in [-0.4, -0.2) is 43.5 Å². The highest BCUT2D eigenvalue weighted by atomic mass is 35.5. The molecule has 6 aromatic carbocycles. The number of halogens is 1. The van der Waals surface area contributed by atoms with Gasteiger partial charge < -0.3 is 9.31 Å². The van der Waals surface area contributed by atoms with Crippen molar-refractivity contribution in [1.82, 2.24) is 25.1 Å². The van der Waals surface area contributed by atoms with Crippen molar-refractivity contribution < 1.29 is 9.31 Å². The molecule has 10 rings (SSSR count). The molecule has 4 heterocycles. The maximum absolute atomic E-state index is 6.69. The van der Waals surface area contributed by atoms with Crippen molar-refractivity contribution in [2.45, 2.75) is 38.9 Å². The van der Waals surface area contributed by atoms with Crippen molar-refractivity contribution >= 4 is 55.7 Å². The number of thiophene rings is 1. The van der Waals surface area contributed by atoms with E-state index in [0.29, 0.717) is 22.5 Å². The number of nitrogens with zero attached hydrogens (tertiary/aromatic N) is 5. The summed E-state index contributed by atoms with van der Waals surface area (Å²) in [6.07, 6.45) is 0. The largest absolute Gasteiger partial charge is 0.495 e. The van der Waals surface area contributed by atoms with E-state index >= 15 is 0 Å². The highest BCUT2D eigenvalue weighted by Crippen LogP contribution is 2.41. The van der Waals surface area contributed by atoms with Gasteiger partial charge in [0, 0.05) is 53.0 Å². The van der Waals surface area contributed by atoms with Crippen LogP contribution in [0.2, 0.25) is 5.02 Å². The molecular formula is C49H37BClN5O2S. The van der Waals surface area contributed by atoms with Gasteiger partial charge in [0.2, 0.25) is 0 Å². The number of aromatic nitrogens is 5. The fourth-order valence-electron chi connectivity index (χ4n) is 7.50. The minimum Gasteiger partial charge on any atom is -0.399 e. The maximum Gasteiger partial charge on any atom is 0.495 e. The zero-order chi connectivity index (χ0) is 40.3. The van der Waals surface area contributed by atoms with Crippen LogP contribution in [-0.2, 0) is 9.31 Å². The summed E-state index contributed by atoms with van der Waals surface area (Å²) >= 11 is 8.37. The molecule has 0 spiro atoms. The average molecular weight is 806 g/mol. The first-order chi connectivity index (χ1) is 28.6. The lowest BCUT2D eigenvalue weighted by molar-refractivity contribution is 0.00578. The van der Waals surface area contributed by atoms with E-state index in [4.69, 9.17) is 35.9 Å². The first kappa shape index (κ1) is 37.2. The van der Waals surface area contributed by atoms with Crippen LogP contribution in [0.15, 0.2) is 152 Å². The van der Waals surface area contributed by atoms with Crippen molar-refractivity contribution in [2.24, 2.45) is 0 Å². The minimum atomic E-state index is -0.629. The third-order valence-corrected chi connectivity index (χ3v) is 12.8. The van der Waals surface area contributed by atoms with E-state index in [9.17, 15) is 0 Å². The monoisotopic (exact) mass is 805 g/mol. The average Bonchev–Trinajstić information content (AvgIpc) is 3.74. The fraction of sp³-hybridized carbons (Fsp3) is 0.122.